The van der Waals surface area contributed by atoms with E-state index >= 15 is 0 Å². The molecule has 0 heterocycles. The molecule has 0 saturated heterocycles. The summed E-state index contributed by atoms with van der Waals surface area (Å²) >= 11 is 0. The first-order valence-electron chi connectivity index (χ1n) is 8.18. The number of hydrogen-bond donors (Lipinski definition) is 0. The smallest absolute Gasteiger partial charge is 0.159 e. The van der Waals surface area contributed by atoms with Crippen LogP contribution in [0.15, 0.2) is 47.6 Å². The predicted octanol–water partition coefficient (Wildman–Crippen LogP) is 4.27. The maximum atomic E-state index is 11.8. The number of hydrogen-bond acceptors (Lipinski definition) is 3. The minimum atomic E-state index is 0.0384. The lowest BCUT2D eigenvalue weighted by molar-refractivity contribution is -0.115. The Morgan fingerprint density at radius 1 is 1.26 bits per heavy atom. The average Bonchev–Trinajstić information content (AvgIpc) is 2.89. The normalized spacial score (nSPS) is 16.4. The number of Topliss-reactive ketones (excluding diaryl/α,β-unsaturated/α-hetero) is 1. The lowest BCUT2D eigenvalue weighted by atomic mass is 10.0. The molecule has 0 saturated carbocycles. The second kappa shape index (κ2) is 8.68. The van der Waals surface area contributed by atoms with Crippen LogP contribution < -0.4 is 4.74 Å². The Hall–Kier alpha value is -1.87. The molecule has 0 spiro atoms. The van der Waals surface area contributed by atoms with E-state index in [4.69, 9.17) is 9.47 Å². The van der Waals surface area contributed by atoms with Gasteiger partial charge in [0.15, 0.2) is 5.78 Å². The number of allylic oxidation sites excluding steroid dienone is 3. The SMILES string of the molecule is COc1cccc(CC(/C=C/CCC2=C(C)CCC2=O)OC)c1. The molecule has 1 aromatic carbocycles. The minimum absolute atomic E-state index is 0.0384. The molecule has 0 radical (unpaired) electrons. The fourth-order valence-electron chi connectivity index (χ4n) is 2.93. The zero-order valence-electron chi connectivity index (χ0n) is 14.3. The van der Waals surface area contributed by atoms with Crippen LogP contribution in [0.2, 0.25) is 0 Å². The Morgan fingerprint density at radius 3 is 2.74 bits per heavy atom. The van der Waals surface area contributed by atoms with Gasteiger partial charge >= 0.3 is 0 Å². The lowest BCUT2D eigenvalue weighted by Gasteiger charge is -2.12. The monoisotopic (exact) mass is 314 g/mol. The highest BCUT2D eigenvalue weighted by Crippen LogP contribution is 2.26. The van der Waals surface area contributed by atoms with Gasteiger partial charge in [-0.2, -0.15) is 0 Å². The van der Waals surface area contributed by atoms with Gasteiger partial charge < -0.3 is 9.47 Å². The zero-order valence-corrected chi connectivity index (χ0v) is 14.3. The van der Waals surface area contributed by atoms with Gasteiger partial charge in [0, 0.05) is 20.0 Å². The van der Waals surface area contributed by atoms with Crippen molar-refractivity contribution in [1.82, 2.24) is 0 Å². The molecule has 23 heavy (non-hydrogen) atoms. The molecule has 1 aromatic rings. The van der Waals surface area contributed by atoms with Crippen LogP contribution in [0.1, 0.15) is 38.2 Å². The molecule has 2 rings (SSSR count). The molecule has 1 unspecified atom stereocenters. The summed E-state index contributed by atoms with van der Waals surface area (Å²) in [4.78, 5) is 11.8. The number of carbonyl (C=O) groups is 1. The van der Waals surface area contributed by atoms with Crippen LogP contribution in [0, 0.1) is 0 Å². The van der Waals surface area contributed by atoms with Crippen molar-refractivity contribution in [3.05, 3.63) is 53.1 Å². The van der Waals surface area contributed by atoms with Crippen LogP contribution in [-0.2, 0) is 16.0 Å². The number of benzene rings is 1. The van der Waals surface area contributed by atoms with E-state index in [2.05, 4.69) is 25.1 Å². The number of methoxy groups -OCH3 is 2. The molecule has 0 fully saturated rings. The first-order chi connectivity index (χ1) is 11.1. The predicted molar refractivity (Wildman–Crippen MR) is 92.8 cm³/mol. The van der Waals surface area contributed by atoms with Crippen LogP contribution in [-0.4, -0.2) is 26.1 Å². The van der Waals surface area contributed by atoms with E-state index in [1.54, 1.807) is 14.2 Å². The van der Waals surface area contributed by atoms with Gasteiger partial charge in [-0.05, 0) is 49.5 Å². The maximum absolute atomic E-state index is 11.8. The highest BCUT2D eigenvalue weighted by Gasteiger charge is 2.18. The molecule has 1 aliphatic rings. The van der Waals surface area contributed by atoms with Gasteiger partial charge in [-0.25, -0.2) is 0 Å². The summed E-state index contributed by atoms with van der Waals surface area (Å²) in [7, 11) is 3.40. The molecule has 1 aliphatic carbocycles. The second-order valence-corrected chi connectivity index (χ2v) is 5.98. The highest BCUT2D eigenvalue weighted by atomic mass is 16.5. The Balaban J connectivity index is 1.86. The second-order valence-electron chi connectivity index (χ2n) is 5.98. The number of ether oxygens (including phenoxy) is 2. The summed E-state index contributed by atoms with van der Waals surface area (Å²) in [6, 6.07) is 8.04. The van der Waals surface area contributed by atoms with Gasteiger partial charge in [0.1, 0.15) is 5.75 Å². The van der Waals surface area contributed by atoms with E-state index in [1.165, 1.54) is 11.1 Å². The van der Waals surface area contributed by atoms with Crippen molar-refractivity contribution in [3.8, 4) is 5.75 Å². The Morgan fingerprint density at radius 2 is 2.09 bits per heavy atom. The van der Waals surface area contributed by atoms with E-state index in [9.17, 15) is 4.79 Å². The maximum Gasteiger partial charge on any atom is 0.159 e. The molecular weight excluding hydrogens is 288 g/mol. The molecule has 124 valence electrons. The summed E-state index contributed by atoms with van der Waals surface area (Å²) in [5.41, 5.74) is 3.49. The molecular formula is C20H26O3. The summed E-state index contributed by atoms with van der Waals surface area (Å²) in [5, 5.41) is 0. The molecule has 3 heteroatoms. The van der Waals surface area contributed by atoms with Crippen molar-refractivity contribution in [2.75, 3.05) is 14.2 Å². The van der Waals surface area contributed by atoms with Gasteiger partial charge in [0.25, 0.3) is 0 Å². The number of carbonyl (C=O) groups excluding carboxylic acids is 1. The fraction of sp³-hybridized carbons (Fsp3) is 0.450. The van der Waals surface area contributed by atoms with Crippen molar-refractivity contribution in [2.45, 2.75) is 45.1 Å². The van der Waals surface area contributed by atoms with E-state index in [0.29, 0.717) is 12.2 Å². The first-order valence-corrected chi connectivity index (χ1v) is 8.18. The fourth-order valence-corrected chi connectivity index (χ4v) is 2.93. The number of ketones is 1. The third-order valence-corrected chi connectivity index (χ3v) is 4.36. The van der Waals surface area contributed by atoms with Crippen LogP contribution >= 0.6 is 0 Å². The van der Waals surface area contributed by atoms with Crippen molar-refractivity contribution in [1.29, 1.82) is 0 Å². The topological polar surface area (TPSA) is 35.5 Å². The van der Waals surface area contributed by atoms with Crippen LogP contribution in [0.5, 0.6) is 5.75 Å². The zero-order chi connectivity index (χ0) is 16.7. The van der Waals surface area contributed by atoms with E-state index < -0.39 is 0 Å². The highest BCUT2D eigenvalue weighted by molar-refractivity contribution is 5.98. The summed E-state index contributed by atoms with van der Waals surface area (Å²) in [6.07, 6.45) is 8.43. The Kier molecular flexibility index (Phi) is 6.60. The third-order valence-electron chi connectivity index (χ3n) is 4.36. The van der Waals surface area contributed by atoms with Gasteiger partial charge in [-0.3, -0.25) is 4.79 Å². The van der Waals surface area contributed by atoms with Gasteiger partial charge in [-0.1, -0.05) is 29.9 Å². The lowest BCUT2D eigenvalue weighted by Crippen LogP contribution is -2.10. The first kappa shape index (κ1) is 17.5. The summed E-state index contributed by atoms with van der Waals surface area (Å²) in [5.74, 6) is 1.19. The quantitative estimate of drug-likeness (QED) is 0.672. The van der Waals surface area contributed by atoms with Crippen molar-refractivity contribution in [2.24, 2.45) is 0 Å². The Labute approximate surface area is 139 Å². The van der Waals surface area contributed by atoms with E-state index in [-0.39, 0.29) is 6.10 Å². The van der Waals surface area contributed by atoms with E-state index in [0.717, 1.165) is 37.0 Å². The van der Waals surface area contributed by atoms with Gasteiger partial charge in [0.2, 0.25) is 0 Å². The van der Waals surface area contributed by atoms with Crippen molar-refractivity contribution >= 4 is 5.78 Å². The molecule has 0 aliphatic heterocycles. The average molecular weight is 314 g/mol. The molecule has 0 aromatic heterocycles. The van der Waals surface area contributed by atoms with E-state index in [1.807, 2.05) is 18.2 Å². The molecule has 1 atom stereocenters. The van der Waals surface area contributed by atoms with Crippen LogP contribution in [0.25, 0.3) is 0 Å². The standard InChI is InChI=1S/C20H26O3/c1-15-11-12-20(21)19(15)10-5-4-8-17(22-2)13-16-7-6-9-18(14-16)23-3/h4,6-9,14,17H,5,10-13H2,1-3H3/b8-4+. The van der Waals surface area contributed by atoms with Crippen LogP contribution in [0.3, 0.4) is 0 Å². The summed E-state index contributed by atoms with van der Waals surface area (Å²) in [6.45, 7) is 2.07. The van der Waals surface area contributed by atoms with Crippen molar-refractivity contribution in [3.63, 3.8) is 0 Å². The molecule has 0 N–H and O–H groups in total. The van der Waals surface area contributed by atoms with Crippen molar-refractivity contribution < 1.29 is 14.3 Å². The Bertz CT molecular complexity index is 599. The van der Waals surface area contributed by atoms with Crippen LogP contribution in [0.4, 0.5) is 0 Å². The summed E-state index contributed by atoms with van der Waals surface area (Å²) < 4.78 is 10.8. The number of rotatable bonds is 8. The third kappa shape index (κ3) is 5.07. The van der Waals surface area contributed by atoms with Gasteiger partial charge in [-0.15, -0.1) is 0 Å². The van der Waals surface area contributed by atoms with Gasteiger partial charge in [0.05, 0.1) is 13.2 Å². The largest absolute Gasteiger partial charge is 0.497 e. The molecule has 0 amide bonds. The minimum Gasteiger partial charge on any atom is -0.497 e. The molecule has 3 nitrogen and oxygen atoms in total. The molecule has 0 bridgehead atoms.